The molecule has 3 rings (SSSR count). The van der Waals surface area contributed by atoms with Crippen LogP contribution in [0.2, 0.25) is 0 Å². The van der Waals surface area contributed by atoms with E-state index in [2.05, 4.69) is 0 Å². The number of benzene rings is 2. The minimum absolute atomic E-state index is 0.0706. The van der Waals surface area contributed by atoms with Gasteiger partial charge in [0, 0.05) is 44.2 Å². The van der Waals surface area contributed by atoms with E-state index in [1.54, 1.807) is 30.2 Å². The first-order valence-corrected chi connectivity index (χ1v) is 9.36. The van der Waals surface area contributed by atoms with E-state index in [9.17, 15) is 14.9 Å². The molecule has 0 saturated carbocycles. The van der Waals surface area contributed by atoms with Gasteiger partial charge >= 0.3 is 0 Å². The first kappa shape index (κ1) is 19.7. The van der Waals surface area contributed by atoms with Gasteiger partial charge < -0.3 is 14.5 Å². The summed E-state index contributed by atoms with van der Waals surface area (Å²) < 4.78 is 5.37. The topological polar surface area (TPSA) is 75.9 Å². The number of nitro groups is 1. The minimum atomic E-state index is -0.354. The zero-order valence-electron chi connectivity index (χ0n) is 16.2. The Kier molecular flexibility index (Phi) is 6.13. The van der Waals surface area contributed by atoms with Gasteiger partial charge in [0.05, 0.1) is 12.0 Å². The molecule has 7 heteroatoms. The van der Waals surface area contributed by atoms with Crippen molar-refractivity contribution >= 4 is 17.3 Å². The Morgan fingerprint density at radius 1 is 1.18 bits per heavy atom. The number of piperidine rings is 1. The maximum absolute atomic E-state index is 12.9. The number of nitro benzene ring substituents is 1. The molecular weight excluding hydrogens is 358 g/mol. The zero-order valence-corrected chi connectivity index (χ0v) is 16.2. The van der Waals surface area contributed by atoms with Crippen LogP contribution in [0.5, 0.6) is 5.75 Å². The molecule has 0 unspecified atom stereocenters. The number of amides is 1. The first-order chi connectivity index (χ1) is 13.5. The highest BCUT2D eigenvalue weighted by Crippen LogP contribution is 2.31. The van der Waals surface area contributed by atoms with E-state index < -0.39 is 0 Å². The zero-order chi connectivity index (χ0) is 20.1. The summed E-state index contributed by atoms with van der Waals surface area (Å²) in [5.41, 5.74) is 1.71. The number of rotatable bonds is 6. The molecule has 0 spiro atoms. The summed E-state index contributed by atoms with van der Waals surface area (Å²) in [6.45, 7) is 1.75. The van der Waals surface area contributed by atoms with Crippen LogP contribution < -0.4 is 9.64 Å². The number of methoxy groups -OCH3 is 1. The third-order valence-corrected chi connectivity index (χ3v) is 5.24. The summed E-state index contributed by atoms with van der Waals surface area (Å²) in [6, 6.07) is 14.5. The molecule has 0 radical (unpaired) electrons. The highest BCUT2D eigenvalue weighted by Gasteiger charge is 2.29. The fraction of sp³-hybridized carbons (Fsp3) is 0.381. The van der Waals surface area contributed by atoms with Crippen molar-refractivity contribution in [3.63, 3.8) is 0 Å². The smallest absolute Gasteiger partial charge is 0.292 e. The van der Waals surface area contributed by atoms with E-state index in [0.29, 0.717) is 38.2 Å². The van der Waals surface area contributed by atoms with Crippen molar-refractivity contribution in [3.05, 3.63) is 64.2 Å². The number of para-hydroxylation sites is 3. The number of ether oxygens (including phenoxy) is 1. The third kappa shape index (κ3) is 4.24. The Bertz CT molecular complexity index is 847. The van der Waals surface area contributed by atoms with Crippen LogP contribution in [0, 0.1) is 16.0 Å². The highest BCUT2D eigenvalue weighted by molar-refractivity contribution is 5.79. The summed E-state index contributed by atoms with van der Waals surface area (Å²) in [5.74, 6) is 0.806. The van der Waals surface area contributed by atoms with Gasteiger partial charge in [0.2, 0.25) is 5.91 Å². The summed E-state index contributed by atoms with van der Waals surface area (Å²) in [6.07, 6.45) is 1.36. The number of anilines is 1. The van der Waals surface area contributed by atoms with Gasteiger partial charge in [0.25, 0.3) is 5.69 Å². The summed E-state index contributed by atoms with van der Waals surface area (Å²) >= 11 is 0. The van der Waals surface area contributed by atoms with E-state index in [1.807, 2.05) is 36.2 Å². The van der Waals surface area contributed by atoms with Gasteiger partial charge in [-0.2, -0.15) is 0 Å². The third-order valence-electron chi connectivity index (χ3n) is 5.24. The Morgan fingerprint density at radius 2 is 1.82 bits per heavy atom. The second-order valence-electron chi connectivity index (χ2n) is 7.01. The van der Waals surface area contributed by atoms with Gasteiger partial charge in [-0.15, -0.1) is 0 Å². The average molecular weight is 383 g/mol. The molecule has 1 heterocycles. The van der Waals surface area contributed by atoms with Crippen molar-refractivity contribution in [1.82, 2.24) is 4.90 Å². The molecule has 1 fully saturated rings. The number of carbonyl (C=O) groups is 1. The van der Waals surface area contributed by atoms with Crippen LogP contribution in [0.3, 0.4) is 0 Å². The minimum Gasteiger partial charge on any atom is -0.496 e. The summed E-state index contributed by atoms with van der Waals surface area (Å²) in [4.78, 5) is 27.5. The van der Waals surface area contributed by atoms with Crippen LogP contribution in [-0.4, -0.2) is 43.0 Å². The average Bonchev–Trinajstić information content (AvgIpc) is 2.73. The maximum atomic E-state index is 12.9. The van der Waals surface area contributed by atoms with Crippen molar-refractivity contribution in [1.29, 1.82) is 0 Å². The van der Waals surface area contributed by atoms with Crippen LogP contribution in [0.15, 0.2) is 48.5 Å². The fourth-order valence-corrected chi connectivity index (χ4v) is 3.73. The van der Waals surface area contributed by atoms with Crippen LogP contribution in [0.1, 0.15) is 18.4 Å². The highest BCUT2D eigenvalue weighted by atomic mass is 16.6. The van der Waals surface area contributed by atoms with E-state index in [1.165, 1.54) is 6.07 Å². The van der Waals surface area contributed by atoms with Crippen molar-refractivity contribution in [3.8, 4) is 5.75 Å². The molecule has 1 aliphatic rings. The SMILES string of the molecule is COc1ccccc1CN(C)C(=O)C1CCN(c2ccccc2[N+](=O)[O-])CC1. The van der Waals surface area contributed by atoms with Crippen molar-refractivity contribution < 1.29 is 14.5 Å². The molecule has 148 valence electrons. The molecule has 1 saturated heterocycles. The van der Waals surface area contributed by atoms with E-state index in [4.69, 9.17) is 4.74 Å². The van der Waals surface area contributed by atoms with Gasteiger partial charge in [-0.3, -0.25) is 14.9 Å². The monoisotopic (exact) mass is 383 g/mol. The number of nitrogens with zero attached hydrogens (tertiary/aromatic N) is 3. The molecule has 28 heavy (non-hydrogen) atoms. The predicted octanol–water partition coefficient (Wildman–Crippen LogP) is 3.48. The molecule has 0 bridgehead atoms. The quantitative estimate of drug-likeness (QED) is 0.564. The lowest BCUT2D eigenvalue weighted by molar-refractivity contribution is -0.384. The Labute approximate surface area is 164 Å². The van der Waals surface area contributed by atoms with Gasteiger partial charge in [0.1, 0.15) is 11.4 Å². The second-order valence-corrected chi connectivity index (χ2v) is 7.01. The molecule has 7 nitrogen and oxygen atoms in total. The van der Waals surface area contributed by atoms with Crippen LogP contribution >= 0.6 is 0 Å². The number of hydrogen-bond donors (Lipinski definition) is 0. The fourth-order valence-electron chi connectivity index (χ4n) is 3.73. The summed E-state index contributed by atoms with van der Waals surface area (Å²) in [7, 11) is 3.43. The Balaban J connectivity index is 1.61. The maximum Gasteiger partial charge on any atom is 0.292 e. The normalized spacial score (nSPS) is 14.6. The lowest BCUT2D eigenvalue weighted by Crippen LogP contribution is -2.41. The number of carbonyl (C=O) groups excluding carboxylic acids is 1. The van der Waals surface area contributed by atoms with Gasteiger partial charge in [-0.05, 0) is 25.0 Å². The largest absolute Gasteiger partial charge is 0.496 e. The van der Waals surface area contributed by atoms with Gasteiger partial charge in [0.15, 0.2) is 0 Å². The van der Waals surface area contributed by atoms with Crippen molar-refractivity contribution in [2.75, 3.05) is 32.1 Å². The molecule has 0 N–H and O–H groups in total. The first-order valence-electron chi connectivity index (χ1n) is 9.36. The molecule has 0 atom stereocenters. The predicted molar refractivity (Wildman–Crippen MR) is 108 cm³/mol. The molecule has 2 aromatic carbocycles. The van der Waals surface area contributed by atoms with Gasteiger partial charge in [-0.1, -0.05) is 30.3 Å². The molecule has 2 aromatic rings. The van der Waals surface area contributed by atoms with Crippen molar-refractivity contribution in [2.45, 2.75) is 19.4 Å². The van der Waals surface area contributed by atoms with E-state index in [-0.39, 0.29) is 22.4 Å². The second kappa shape index (κ2) is 8.73. The lowest BCUT2D eigenvalue weighted by atomic mass is 9.94. The Hall–Kier alpha value is -3.09. The lowest BCUT2D eigenvalue weighted by Gasteiger charge is -2.34. The summed E-state index contributed by atoms with van der Waals surface area (Å²) in [5, 5.41) is 11.3. The van der Waals surface area contributed by atoms with Crippen molar-refractivity contribution in [2.24, 2.45) is 5.92 Å². The number of hydrogen-bond acceptors (Lipinski definition) is 5. The molecule has 0 aromatic heterocycles. The standard InChI is InChI=1S/C21H25N3O4/c1-22(15-17-7-3-6-10-20(17)28-2)21(25)16-11-13-23(14-12-16)18-8-4-5-9-19(18)24(26)27/h3-10,16H,11-15H2,1-2H3. The molecule has 1 amide bonds. The van der Waals surface area contributed by atoms with Crippen LogP contribution in [0.25, 0.3) is 0 Å². The molecule has 0 aliphatic carbocycles. The molecule has 1 aliphatic heterocycles. The van der Waals surface area contributed by atoms with Crippen LogP contribution in [-0.2, 0) is 11.3 Å². The van der Waals surface area contributed by atoms with E-state index in [0.717, 1.165) is 11.3 Å². The molecular formula is C21H25N3O4. The van der Waals surface area contributed by atoms with Crippen LogP contribution in [0.4, 0.5) is 11.4 Å². The van der Waals surface area contributed by atoms with E-state index >= 15 is 0 Å². The Morgan fingerprint density at radius 3 is 2.50 bits per heavy atom. The van der Waals surface area contributed by atoms with Gasteiger partial charge in [-0.25, -0.2) is 0 Å².